The zero-order valence-corrected chi connectivity index (χ0v) is 8.41. The average molecular weight is 234 g/mol. The Balaban J connectivity index is 3.15. The predicted molar refractivity (Wildman–Crippen MR) is 48.8 cm³/mol. The predicted octanol–water partition coefficient (Wildman–Crippen LogP) is 1.29. The summed E-state index contributed by atoms with van der Waals surface area (Å²) in [6.45, 7) is 1.53. The number of carbonyl (C=O) groups is 1. The van der Waals surface area contributed by atoms with Crippen LogP contribution in [0, 0.1) is 6.92 Å². The Bertz CT molecular complexity index is 494. The number of benzene rings is 1. The monoisotopic (exact) mass is 234 g/mol. The normalized spacial score (nSPS) is 11.1. The van der Waals surface area contributed by atoms with E-state index >= 15 is 0 Å². The van der Waals surface area contributed by atoms with Crippen LogP contribution in [0.5, 0.6) is 5.75 Å². The molecule has 1 aromatic carbocycles. The van der Waals surface area contributed by atoms with Gasteiger partial charge in [0.25, 0.3) is 0 Å². The highest BCUT2D eigenvalue weighted by atomic mass is 32.3. The van der Waals surface area contributed by atoms with E-state index in [1.54, 1.807) is 0 Å². The molecule has 82 valence electrons. The van der Waals surface area contributed by atoms with Crippen molar-refractivity contribution in [1.82, 2.24) is 0 Å². The number of hydrogen-bond acceptors (Lipinski definition) is 4. The highest BCUT2D eigenvalue weighted by Gasteiger charge is 2.12. The lowest BCUT2D eigenvalue weighted by atomic mass is 10.1. The quantitative estimate of drug-likeness (QED) is 0.797. The molecule has 0 heterocycles. The molecule has 0 amide bonds. The lowest BCUT2D eigenvalue weighted by Crippen LogP contribution is -2.03. The maximum atomic E-state index is 12.1. The Labute approximate surface area is 85.5 Å². The van der Waals surface area contributed by atoms with Crippen molar-refractivity contribution in [1.29, 1.82) is 0 Å². The zero-order valence-electron chi connectivity index (χ0n) is 7.60. The molecule has 0 bridgehead atoms. The van der Waals surface area contributed by atoms with Crippen molar-refractivity contribution in [2.24, 2.45) is 0 Å². The van der Waals surface area contributed by atoms with Crippen LogP contribution < -0.4 is 4.18 Å². The molecule has 0 aliphatic rings. The number of aromatic carboxylic acids is 1. The van der Waals surface area contributed by atoms with Gasteiger partial charge < -0.3 is 9.29 Å². The Kier molecular flexibility index (Phi) is 2.94. The van der Waals surface area contributed by atoms with E-state index in [9.17, 15) is 17.1 Å². The summed E-state index contributed by atoms with van der Waals surface area (Å²) in [4.78, 5) is 10.6. The molecule has 0 spiro atoms. The van der Waals surface area contributed by atoms with E-state index in [2.05, 4.69) is 4.18 Å². The van der Waals surface area contributed by atoms with Crippen LogP contribution in [0.1, 0.15) is 15.9 Å². The summed E-state index contributed by atoms with van der Waals surface area (Å²) >= 11 is 0. The van der Waals surface area contributed by atoms with Crippen molar-refractivity contribution >= 4 is 16.5 Å². The molecule has 0 unspecified atom stereocenters. The lowest BCUT2D eigenvalue weighted by molar-refractivity contribution is 0.0696. The molecule has 0 saturated heterocycles. The number of rotatable bonds is 3. The van der Waals surface area contributed by atoms with Gasteiger partial charge in [-0.25, -0.2) is 4.79 Å². The van der Waals surface area contributed by atoms with E-state index in [0.717, 1.165) is 6.07 Å². The van der Waals surface area contributed by atoms with E-state index in [0.29, 0.717) is 5.56 Å². The van der Waals surface area contributed by atoms with E-state index in [-0.39, 0.29) is 11.3 Å². The summed E-state index contributed by atoms with van der Waals surface area (Å²) in [5, 5.41) is 8.63. The lowest BCUT2D eigenvalue weighted by Gasteiger charge is -2.03. The van der Waals surface area contributed by atoms with Gasteiger partial charge in [0.05, 0.1) is 5.56 Å². The Morgan fingerprint density at radius 1 is 1.40 bits per heavy atom. The van der Waals surface area contributed by atoms with Crippen molar-refractivity contribution in [2.45, 2.75) is 6.92 Å². The van der Waals surface area contributed by atoms with E-state index < -0.39 is 16.5 Å². The molecule has 1 N–H and O–H groups in total. The summed E-state index contributed by atoms with van der Waals surface area (Å²) < 4.78 is 36.4. The van der Waals surface area contributed by atoms with Gasteiger partial charge in [0.15, 0.2) is 0 Å². The highest BCUT2D eigenvalue weighted by Crippen LogP contribution is 2.19. The molecule has 0 saturated carbocycles. The first kappa shape index (κ1) is 11.4. The third-order valence-electron chi connectivity index (χ3n) is 1.49. The van der Waals surface area contributed by atoms with Crippen molar-refractivity contribution in [3.05, 3.63) is 29.3 Å². The second-order valence-corrected chi connectivity index (χ2v) is 3.77. The standard InChI is InChI=1S/C8H7FO5S/c1-5-2-6(8(10)11)4-7(3-5)14-15(9,12)13/h2-4H,1H3,(H,10,11). The van der Waals surface area contributed by atoms with Gasteiger partial charge in [-0.3, -0.25) is 0 Å². The van der Waals surface area contributed by atoms with Gasteiger partial charge in [-0.15, -0.1) is 0 Å². The molecule has 0 aliphatic carbocycles. The molecule has 7 heteroatoms. The summed E-state index contributed by atoms with van der Waals surface area (Å²) in [5.41, 5.74) is 0.280. The molecule has 1 aromatic rings. The third-order valence-corrected chi connectivity index (χ3v) is 1.89. The largest absolute Gasteiger partial charge is 0.488 e. The molecule has 1 rings (SSSR count). The fourth-order valence-electron chi connectivity index (χ4n) is 1.03. The van der Waals surface area contributed by atoms with Gasteiger partial charge >= 0.3 is 16.5 Å². The summed E-state index contributed by atoms with van der Waals surface area (Å²) in [5.74, 6) is -1.62. The summed E-state index contributed by atoms with van der Waals surface area (Å²) in [6.07, 6.45) is 0. The molecule has 0 fully saturated rings. The van der Waals surface area contributed by atoms with Crippen LogP contribution in [0.25, 0.3) is 0 Å². The van der Waals surface area contributed by atoms with E-state index in [1.807, 2.05) is 0 Å². The van der Waals surface area contributed by atoms with Crippen LogP contribution in [-0.2, 0) is 10.5 Å². The topological polar surface area (TPSA) is 80.7 Å². The molecule has 0 aliphatic heterocycles. The van der Waals surface area contributed by atoms with Crippen molar-refractivity contribution in [2.75, 3.05) is 0 Å². The zero-order chi connectivity index (χ0) is 11.6. The SMILES string of the molecule is Cc1cc(OS(=O)(=O)F)cc(C(=O)O)c1. The molecule has 15 heavy (non-hydrogen) atoms. The summed E-state index contributed by atoms with van der Waals surface area (Å²) in [6, 6.07) is 3.44. The smallest absolute Gasteiger partial charge is 0.478 e. The first-order valence-electron chi connectivity index (χ1n) is 3.77. The fraction of sp³-hybridized carbons (Fsp3) is 0.125. The fourth-order valence-corrected chi connectivity index (χ4v) is 1.36. The van der Waals surface area contributed by atoms with Crippen molar-refractivity contribution < 1.29 is 26.4 Å². The minimum absolute atomic E-state index is 0.173. The van der Waals surface area contributed by atoms with Crippen molar-refractivity contribution in [3.63, 3.8) is 0 Å². The average Bonchev–Trinajstić information content (AvgIpc) is 1.99. The van der Waals surface area contributed by atoms with E-state index in [1.165, 1.54) is 19.1 Å². The number of halogens is 1. The Hall–Kier alpha value is -1.63. The molecule has 5 nitrogen and oxygen atoms in total. The van der Waals surface area contributed by atoms with Crippen molar-refractivity contribution in [3.8, 4) is 5.75 Å². The minimum atomic E-state index is -5.13. The maximum absolute atomic E-state index is 12.1. The van der Waals surface area contributed by atoms with Gasteiger partial charge in [0.2, 0.25) is 0 Å². The van der Waals surface area contributed by atoms with Crippen LogP contribution in [0.15, 0.2) is 18.2 Å². The molecule has 0 atom stereocenters. The second kappa shape index (κ2) is 3.85. The summed E-state index contributed by atoms with van der Waals surface area (Å²) in [7, 11) is -5.13. The van der Waals surface area contributed by atoms with Gasteiger partial charge in [0, 0.05) is 0 Å². The van der Waals surface area contributed by atoms with Gasteiger partial charge in [-0.2, -0.15) is 8.42 Å². The van der Waals surface area contributed by atoms with E-state index in [4.69, 9.17) is 5.11 Å². The number of carboxylic acids is 1. The highest BCUT2D eigenvalue weighted by molar-refractivity contribution is 7.81. The first-order valence-corrected chi connectivity index (χ1v) is 5.08. The first-order chi connectivity index (χ1) is 6.78. The van der Waals surface area contributed by atoms with Gasteiger partial charge in [0.1, 0.15) is 5.75 Å². The van der Waals surface area contributed by atoms with Gasteiger partial charge in [-0.1, -0.05) is 3.89 Å². The van der Waals surface area contributed by atoms with Crippen LogP contribution in [0.2, 0.25) is 0 Å². The molecular formula is C8H7FO5S. The van der Waals surface area contributed by atoms with Crippen LogP contribution in [0.4, 0.5) is 3.89 Å². The Morgan fingerprint density at radius 2 is 2.00 bits per heavy atom. The number of hydrogen-bond donors (Lipinski definition) is 1. The molecule has 0 aromatic heterocycles. The van der Waals surface area contributed by atoms with Crippen LogP contribution >= 0.6 is 0 Å². The number of carboxylic acid groups (broad SMARTS) is 1. The second-order valence-electron chi connectivity index (χ2n) is 2.82. The van der Waals surface area contributed by atoms with Crippen LogP contribution in [-0.4, -0.2) is 19.5 Å². The number of aryl methyl sites for hydroxylation is 1. The Morgan fingerprint density at radius 3 is 2.47 bits per heavy atom. The maximum Gasteiger partial charge on any atom is 0.488 e. The molecule has 0 radical (unpaired) electrons. The van der Waals surface area contributed by atoms with Gasteiger partial charge in [-0.05, 0) is 30.7 Å². The minimum Gasteiger partial charge on any atom is -0.478 e. The third kappa shape index (κ3) is 3.55. The molecular weight excluding hydrogens is 227 g/mol. The van der Waals surface area contributed by atoms with Crippen LogP contribution in [0.3, 0.4) is 0 Å².